The summed E-state index contributed by atoms with van der Waals surface area (Å²) >= 11 is 1.90. The van der Waals surface area contributed by atoms with Gasteiger partial charge in [0.15, 0.2) is 0 Å². The second kappa shape index (κ2) is 7.90. The van der Waals surface area contributed by atoms with E-state index in [1.165, 1.54) is 18.6 Å². The SMILES string of the molecule is CSCCCC(CN)NC(C)C. The standard InChI is InChI=1S/C9H22N2S/c1-8(2)11-9(7-10)5-4-6-12-3/h8-9,11H,4-7,10H2,1-3H3. The summed E-state index contributed by atoms with van der Waals surface area (Å²) < 4.78 is 0. The molecule has 0 aromatic heterocycles. The van der Waals surface area contributed by atoms with Crippen LogP contribution in [0.3, 0.4) is 0 Å². The van der Waals surface area contributed by atoms with Crippen LogP contribution in [0, 0.1) is 0 Å². The highest BCUT2D eigenvalue weighted by atomic mass is 32.2. The average molecular weight is 190 g/mol. The molecule has 0 rings (SSSR count). The smallest absolute Gasteiger partial charge is 0.0192 e. The zero-order chi connectivity index (χ0) is 9.40. The topological polar surface area (TPSA) is 38.0 Å². The Bertz CT molecular complexity index is 96.5. The third-order valence-corrected chi connectivity index (χ3v) is 2.45. The van der Waals surface area contributed by atoms with Gasteiger partial charge in [0.25, 0.3) is 0 Å². The van der Waals surface area contributed by atoms with Crippen LogP contribution in [0.15, 0.2) is 0 Å². The Morgan fingerprint density at radius 1 is 1.42 bits per heavy atom. The fraction of sp³-hybridized carbons (Fsp3) is 1.00. The van der Waals surface area contributed by atoms with Crippen LogP contribution in [0.25, 0.3) is 0 Å². The molecule has 0 fully saturated rings. The fourth-order valence-corrected chi connectivity index (χ4v) is 1.67. The molecule has 0 saturated carbocycles. The number of nitrogens with two attached hydrogens (primary N) is 1. The lowest BCUT2D eigenvalue weighted by atomic mass is 10.1. The summed E-state index contributed by atoms with van der Waals surface area (Å²) in [5, 5.41) is 3.45. The third-order valence-electron chi connectivity index (χ3n) is 1.75. The third kappa shape index (κ3) is 6.95. The number of hydrogen-bond donors (Lipinski definition) is 2. The van der Waals surface area contributed by atoms with Crippen LogP contribution in [0.5, 0.6) is 0 Å². The van der Waals surface area contributed by atoms with Gasteiger partial charge in [0, 0.05) is 18.6 Å². The van der Waals surface area contributed by atoms with E-state index in [9.17, 15) is 0 Å². The molecule has 0 aliphatic heterocycles. The van der Waals surface area contributed by atoms with Gasteiger partial charge in [-0.1, -0.05) is 13.8 Å². The molecular weight excluding hydrogens is 168 g/mol. The lowest BCUT2D eigenvalue weighted by molar-refractivity contribution is 0.442. The number of rotatable bonds is 7. The first-order valence-electron chi connectivity index (χ1n) is 4.65. The lowest BCUT2D eigenvalue weighted by Crippen LogP contribution is -2.40. The van der Waals surface area contributed by atoms with Crippen LogP contribution in [0.4, 0.5) is 0 Å². The molecule has 3 heteroatoms. The van der Waals surface area contributed by atoms with E-state index in [0.717, 1.165) is 6.54 Å². The summed E-state index contributed by atoms with van der Waals surface area (Å²) in [5.41, 5.74) is 5.63. The summed E-state index contributed by atoms with van der Waals surface area (Å²) in [6.45, 7) is 5.08. The molecule has 0 aliphatic rings. The van der Waals surface area contributed by atoms with Gasteiger partial charge in [-0.05, 0) is 24.9 Å². The zero-order valence-electron chi connectivity index (χ0n) is 8.47. The van der Waals surface area contributed by atoms with E-state index in [1.54, 1.807) is 0 Å². The summed E-state index contributed by atoms with van der Waals surface area (Å²) in [6.07, 6.45) is 4.62. The molecule has 1 atom stereocenters. The molecule has 12 heavy (non-hydrogen) atoms. The largest absolute Gasteiger partial charge is 0.329 e. The average Bonchev–Trinajstić information content (AvgIpc) is 2.02. The van der Waals surface area contributed by atoms with Crippen molar-refractivity contribution in [3.05, 3.63) is 0 Å². The molecule has 74 valence electrons. The van der Waals surface area contributed by atoms with E-state index in [4.69, 9.17) is 5.73 Å². The quantitative estimate of drug-likeness (QED) is 0.597. The van der Waals surface area contributed by atoms with Crippen molar-refractivity contribution < 1.29 is 0 Å². The number of thioether (sulfide) groups is 1. The van der Waals surface area contributed by atoms with E-state index in [1.807, 2.05) is 11.8 Å². The zero-order valence-corrected chi connectivity index (χ0v) is 9.29. The predicted octanol–water partition coefficient (Wildman–Crippen LogP) is 1.45. The molecule has 3 N–H and O–H groups in total. The van der Waals surface area contributed by atoms with Crippen molar-refractivity contribution in [1.82, 2.24) is 5.32 Å². The first-order chi connectivity index (χ1) is 5.70. The Morgan fingerprint density at radius 2 is 2.08 bits per heavy atom. The summed E-state index contributed by atoms with van der Waals surface area (Å²) in [7, 11) is 0. The van der Waals surface area contributed by atoms with E-state index in [0.29, 0.717) is 12.1 Å². The Labute approximate surface area is 80.7 Å². The van der Waals surface area contributed by atoms with Crippen molar-refractivity contribution in [3.8, 4) is 0 Å². The van der Waals surface area contributed by atoms with E-state index in [-0.39, 0.29) is 0 Å². The molecule has 0 amide bonds. The van der Waals surface area contributed by atoms with Gasteiger partial charge in [0.1, 0.15) is 0 Å². The molecule has 0 radical (unpaired) electrons. The van der Waals surface area contributed by atoms with Crippen LogP contribution >= 0.6 is 11.8 Å². The van der Waals surface area contributed by atoms with Crippen molar-refractivity contribution in [3.63, 3.8) is 0 Å². The highest BCUT2D eigenvalue weighted by Gasteiger charge is 2.06. The Balaban J connectivity index is 3.39. The first kappa shape index (κ1) is 12.3. The maximum absolute atomic E-state index is 5.63. The highest BCUT2D eigenvalue weighted by molar-refractivity contribution is 7.98. The van der Waals surface area contributed by atoms with Gasteiger partial charge >= 0.3 is 0 Å². The van der Waals surface area contributed by atoms with Crippen LogP contribution in [-0.4, -0.2) is 30.6 Å². The molecule has 0 spiro atoms. The maximum atomic E-state index is 5.63. The highest BCUT2D eigenvalue weighted by Crippen LogP contribution is 2.02. The molecule has 0 aromatic carbocycles. The van der Waals surface area contributed by atoms with Crippen LogP contribution < -0.4 is 11.1 Å². The molecule has 0 saturated heterocycles. The van der Waals surface area contributed by atoms with E-state index >= 15 is 0 Å². The minimum absolute atomic E-state index is 0.511. The predicted molar refractivity (Wildman–Crippen MR) is 58.7 cm³/mol. The number of hydrogen-bond acceptors (Lipinski definition) is 3. The molecule has 1 unspecified atom stereocenters. The van der Waals surface area contributed by atoms with Crippen LogP contribution in [0.1, 0.15) is 26.7 Å². The maximum Gasteiger partial charge on any atom is 0.0192 e. The van der Waals surface area contributed by atoms with Gasteiger partial charge in [-0.25, -0.2) is 0 Å². The van der Waals surface area contributed by atoms with Crippen molar-refractivity contribution in [1.29, 1.82) is 0 Å². The van der Waals surface area contributed by atoms with Crippen LogP contribution in [0.2, 0.25) is 0 Å². The molecule has 0 aliphatic carbocycles. The monoisotopic (exact) mass is 190 g/mol. The molecule has 0 aromatic rings. The van der Waals surface area contributed by atoms with Crippen molar-refractivity contribution in [2.75, 3.05) is 18.6 Å². The molecule has 0 bridgehead atoms. The van der Waals surface area contributed by atoms with Gasteiger partial charge in [-0.15, -0.1) is 0 Å². The molecule has 2 nitrogen and oxygen atoms in total. The normalized spacial score (nSPS) is 13.8. The fourth-order valence-electron chi connectivity index (χ4n) is 1.21. The van der Waals surface area contributed by atoms with Crippen LogP contribution in [-0.2, 0) is 0 Å². The summed E-state index contributed by atoms with van der Waals surface area (Å²) in [6, 6.07) is 1.06. The minimum atomic E-state index is 0.511. The van der Waals surface area contributed by atoms with E-state index in [2.05, 4.69) is 25.4 Å². The van der Waals surface area contributed by atoms with Gasteiger partial charge in [0.05, 0.1) is 0 Å². The van der Waals surface area contributed by atoms with Gasteiger partial charge in [-0.3, -0.25) is 0 Å². The second-order valence-electron chi connectivity index (χ2n) is 3.39. The van der Waals surface area contributed by atoms with Crippen molar-refractivity contribution in [2.45, 2.75) is 38.8 Å². The van der Waals surface area contributed by atoms with Gasteiger partial charge in [-0.2, -0.15) is 11.8 Å². The van der Waals surface area contributed by atoms with Crippen molar-refractivity contribution >= 4 is 11.8 Å². The molecular formula is C9H22N2S. The minimum Gasteiger partial charge on any atom is -0.329 e. The van der Waals surface area contributed by atoms with Gasteiger partial charge < -0.3 is 11.1 Å². The first-order valence-corrected chi connectivity index (χ1v) is 6.05. The Morgan fingerprint density at radius 3 is 2.50 bits per heavy atom. The lowest BCUT2D eigenvalue weighted by Gasteiger charge is -2.19. The van der Waals surface area contributed by atoms with E-state index < -0.39 is 0 Å². The molecule has 0 heterocycles. The number of nitrogens with one attached hydrogen (secondary N) is 1. The van der Waals surface area contributed by atoms with Crippen molar-refractivity contribution in [2.24, 2.45) is 5.73 Å². The Kier molecular flexibility index (Phi) is 8.07. The second-order valence-corrected chi connectivity index (χ2v) is 4.37. The Hall–Kier alpha value is 0.270. The summed E-state index contributed by atoms with van der Waals surface area (Å²) in [5.74, 6) is 1.25. The van der Waals surface area contributed by atoms with Gasteiger partial charge in [0.2, 0.25) is 0 Å². The summed E-state index contributed by atoms with van der Waals surface area (Å²) in [4.78, 5) is 0.